The van der Waals surface area contributed by atoms with Crippen molar-refractivity contribution >= 4 is 37.4 Å². The minimum absolute atomic E-state index is 0.0238. The molecule has 0 spiro atoms. The highest BCUT2D eigenvalue weighted by Crippen LogP contribution is 2.30. The molecule has 1 aromatic carbocycles. The quantitative estimate of drug-likeness (QED) is 0.530. The van der Waals surface area contributed by atoms with Crippen molar-refractivity contribution in [2.75, 3.05) is 24.7 Å². The van der Waals surface area contributed by atoms with E-state index >= 15 is 0 Å². The fourth-order valence-corrected chi connectivity index (χ4v) is 6.69. The highest BCUT2D eigenvalue weighted by molar-refractivity contribution is 7.92. The molecule has 0 aromatic heterocycles. The number of halogens is 1. The van der Waals surface area contributed by atoms with E-state index in [1.54, 1.807) is 0 Å². The topological polar surface area (TPSA) is 149 Å². The lowest BCUT2D eigenvalue weighted by Crippen LogP contribution is -2.46. The number of aliphatic hydroxyl groups excluding tert-OH is 2. The van der Waals surface area contributed by atoms with Crippen LogP contribution in [0.1, 0.15) is 16.8 Å². The summed E-state index contributed by atoms with van der Waals surface area (Å²) in [5.74, 6) is -1.99. The van der Waals surface area contributed by atoms with Crippen LogP contribution in [0.4, 0.5) is 0 Å². The van der Waals surface area contributed by atoms with Gasteiger partial charge in [-0.3, -0.25) is 0 Å². The second-order valence-corrected chi connectivity index (χ2v) is 10.4. The van der Waals surface area contributed by atoms with Crippen LogP contribution >= 0.6 is 11.6 Å². The summed E-state index contributed by atoms with van der Waals surface area (Å²) < 4.78 is 50.3. The summed E-state index contributed by atoms with van der Waals surface area (Å²) in [7, 11) is -7.86. The molecule has 1 heterocycles. The predicted molar refractivity (Wildman–Crippen MR) is 92.5 cm³/mol. The monoisotopic (exact) mass is 427 g/mol. The van der Waals surface area contributed by atoms with E-state index < -0.39 is 61.8 Å². The van der Waals surface area contributed by atoms with Crippen molar-refractivity contribution in [3.8, 4) is 0 Å². The van der Waals surface area contributed by atoms with Crippen LogP contribution < -0.4 is 0 Å². The highest BCUT2D eigenvalue weighted by atomic mass is 35.5. The number of hydrogen-bond donors (Lipinski definition) is 3. The van der Waals surface area contributed by atoms with E-state index in [2.05, 4.69) is 0 Å². The first-order valence-electron chi connectivity index (χ1n) is 7.52. The van der Waals surface area contributed by atoms with Crippen molar-refractivity contribution in [1.29, 1.82) is 0 Å². The fourth-order valence-electron chi connectivity index (χ4n) is 2.67. The molecule has 0 aliphatic carbocycles. The van der Waals surface area contributed by atoms with Gasteiger partial charge >= 0.3 is 5.97 Å². The Morgan fingerprint density at radius 2 is 2.04 bits per heavy atom. The molecule has 0 bridgehead atoms. The smallest absolute Gasteiger partial charge is 0.335 e. The summed E-state index contributed by atoms with van der Waals surface area (Å²) >= 11 is 5.93. The van der Waals surface area contributed by atoms with Gasteiger partial charge in [-0.05, 0) is 24.6 Å². The number of benzene rings is 1. The number of aliphatic hydroxyl groups is 2. The molecule has 146 valence electrons. The number of carboxylic acid groups (broad SMARTS) is 1. The van der Waals surface area contributed by atoms with E-state index in [9.17, 15) is 26.7 Å². The summed E-state index contributed by atoms with van der Waals surface area (Å²) in [6.07, 6.45) is -1.41. The zero-order valence-corrected chi connectivity index (χ0v) is 15.8. The van der Waals surface area contributed by atoms with Crippen LogP contribution in [-0.2, 0) is 19.9 Å². The molecule has 3 N–H and O–H groups in total. The summed E-state index contributed by atoms with van der Waals surface area (Å²) in [6, 6.07) is 2.18. The van der Waals surface area contributed by atoms with Crippen molar-refractivity contribution in [2.24, 2.45) is 0 Å². The van der Waals surface area contributed by atoms with Crippen LogP contribution in [0.3, 0.4) is 0 Å². The molecule has 0 amide bonds. The zero-order valence-electron chi connectivity index (χ0n) is 13.4. The second-order valence-electron chi connectivity index (χ2n) is 5.92. The third-order valence-corrected chi connectivity index (χ3v) is 8.13. The van der Waals surface area contributed by atoms with Gasteiger partial charge in [0.05, 0.1) is 34.8 Å². The number of nitrogens with zero attached hydrogens (tertiary/aromatic N) is 1. The van der Waals surface area contributed by atoms with Crippen LogP contribution in [-0.4, -0.2) is 79.2 Å². The molecule has 9 nitrogen and oxygen atoms in total. The number of hydrogen-bond acceptors (Lipinski definition) is 7. The van der Waals surface area contributed by atoms with Crippen molar-refractivity contribution in [3.63, 3.8) is 0 Å². The van der Waals surface area contributed by atoms with E-state index in [-0.39, 0.29) is 22.8 Å². The molecule has 12 heteroatoms. The lowest BCUT2D eigenvalue weighted by atomic mass is 10.2. The molecule has 1 fully saturated rings. The van der Waals surface area contributed by atoms with Crippen LogP contribution in [0.25, 0.3) is 0 Å². The van der Waals surface area contributed by atoms with Gasteiger partial charge in [0.25, 0.3) is 0 Å². The third-order valence-electron chi connectivity index (χ3n) is 3.98. The van der Waals surface area contributed by atoms with Crippen molar-refractivity contribution in [3.05, 3.63) is 28.8 Å². The van der Waals surface area contributed by atoms with Gasteiger partial charge in [0.2, 0.25) is 10.0 Å². The maximum atomic E-state index is 13.0. The van der Waals surface area contributed by atoms with Gasteiger partial charge < -0.3 is 15.3 Å². The third kappa shape index (κ3) is 4.53. The average molecular weight is 428 g/mol. The van der Waals surface area contributed by atoms with E-state index in [0.29, 0.717) is 0 Å². The fraction of sp³-hybridized carbons (Fsp3) is 0.500. The van der Waals surface area contributed by atoms with Crippen molar-refractivity contribution < 1.29 is 36.9 Å². The van der Waals surface area contributed by atoms with Gasteiger partial charge in [0, 0.05) is 12.6 Å². The van der Waals surface area contributed by atoms with Crippen LogP contribution in [0.5, 0.6) is 0 Å². The molecule has 2 atom stereocenters. The lowest BCUT2D eigenvalue weighted by Gasteiger charge is -2.29. The molecule has 1 aliphatic heterocycles. The first-order chi connectivity index (χ1) is 12.0. The van der Waals surface area contributed by atoms with Crippen LogP contribution in [0.15, 0.2) is 23.1 Å². The van der Waals surface area contributed by atoms with Gasteiger partial charge in [-0.25, -0.2) is 21.6 Å². The Bertz CT molecular complexity index is 900. The number of carboxylic acids is 1. The largest absolute Gasteiger partial charge is 0.478 e. The molecule has 0 radical (unpaired) electrons. The van der Waals surface area contributed by atoms with Crippen molar-refractivity contribution in [2.45, 2.75) is 23.5 Å². The highest BCUT2D eigenvalue weighted by Gasteiger charge is 2.40. The minimum atomic E-state index is -4.42. The predicted octanol–water partition coefficient (Wildman–Crippen LogP) is -0.431. The number of sulfone groups is 1. The SMILES string of the molecule is O=C(O)c1ccc(Cl)c(S(=O)(=O)N(C[C@@H](O)CO)[C@@H]2CCS(=O)(=O)C2)c1. The maximum absolute atomic E-state index is 13.0. The molecule has 0 unspecified atom stereocenters. The van der Waals surface area contributed by atoms with Gasteiger partial charge in [0.1, 0.15) is 4.90 Å². The Balaban J connectivity index is 2.52. The first-order valence-corrected chi connectivity index (χ1v) is 11.2. The Morgan fingerprint density at radius 3 is 2.54 bits per heavy atom. The molecule has 1 saturated heterocycles. The molecule has 1 aromatic rings. The summed E-state index contributed by atoms with van der Waals surface area (Å²) in [4.78, 5) is 10.6. The average Bonchev–Trinajstić information content (AvgIpc) is 2.91. The Hall–Kier alpha value is -1.24. The van der Waals surface area contributed by atoms with E-state index in [1.165, 1.54) is 0 Å². The van der Waals surface area contributed by atoms with E-state index in [4.69, 9.17) is 21.8 Å². The second kappa shape index (κ2) is 7.79. The molecule has 2 rings (SSSR count). The Kier molecular flexibility index (Phi) is 6.31. The zero-order chi connectivity index (χ0) is 19.7. The van der Waals surface area contributed by atoms with Gasteiger partial charge in [-0.1, -0.05) is 11.6 Å². The lowest BCUT2D eigenvalue weighted by molar-refractivity contribution is 0.0696. The maximum Gasteiger partial charge on any atom is 0.335 e. The Labute approximate surface area is 155 Å². The summed E-state index contributed by atoms with van der Waals surface area (Å²) in [6.45, 7) is -1.28. The van der Waals surface area contributed by atoms with Crippen molar-refractivity contribution in [1.82, 2.24) is 4.31 Å². The van der Waals surface area contributed by atoms with Gasteiger partial charge in [0.15, 0.2) is 9.84 Å². The Morgan fingerprint density at radius 1 is 1.38 bits per heavy atom. The van der Waals surface area contributed by atoms with Crippen LogP contribution in [0, 0.1) is 0 Å². The van der Waals surface area contributed by atoms with Crippen LogP contribution in [0.2, 0.25) is 5.02 Å². The molecular formula is C14H18ClNO8S2. The normalized spacial score (nSPS) is 21.0. The summed E-state index contributed by atoms with van der Waals surface area (Å²) in [5, 5.41) is 27.6. The van der Waals surface area contributed by atoms with E-state index in [1.807, 2.05) is 0 Å². The molecule has 0 saturated carbocycles. The standard InChI is InChI=1S/C14H18ClNO8S2/c15-12-2-1-9(14(19)20)5-13(12)26(23,24)16(6-11(18)7-17)10-3-4-25(21,22)8-10/h1-2,5,10-11,17-18H,3-4,6-8H2,(H,19,20)/t10-,11-/m1/s1. The minimum Gasteiger partial charge on any atom is -0.478 e. The number of rotatable bonds is 7. The number of aromatic carboxylic acids is 1. The van der Waals surface area contributed by atoms with Gasteiger partial charge in [-0.2, -0.15) is 4.31 Å². The van der Waals surface area contributed by atoms with E-state index in [0.717, 1.165) is 22.5 Å². The molecular weight excluding hydrogens is 410 g/mol. The number of sulfonamides is 1. The molecule has 26 heavy (non-hydrogen) atoms. The number of carbonyl (C=O) groups is 1. The van der Waals surface area contributed by atoms with Gasteiger partial charge in [-0.15, -0.1) is 0 Å². The molecule has 1 aliphatic rings. The summed E-state index contributed by atoms with van der Waals surface area (Å²) in [5.41, 5.74) is -0.310. The first kappa shape index (κ1) is 21.1.